The Labute approximate surface area is 160 Å². The fourth-order valence-electron chi connectivity index (χ4n) is 2.67. The average molecular weight is 369 g/mol. The van der Waals surface area contributed by atoms with Crippen LogP contribution < -0.4 is 20.3 Å². The molecule has 0 saturated heterocycles. The standard InChI is InChI=1S/C21H27N3O3/c1-7-9-15(8-2)13-24-17-11-10-16(22-20(26)23-21(4,5)6)12-18(17)27-14(3)19(24)25/h7-12,14H,1-2,13H2,3-6H3,(H2,22,23,26)/b15-9+. The van der Waals surface area contributed by atoms with Gasteiger partial charge in [-0.2, -0.15) is 0 Å². The van der Waals surface area contributed by atoms with Crippen LogP contribution in [0.1, 0.15) is 27.7 Å². The lowest BCUT2D eigenvalue weighted by Crippen LogP contribution is -2.45. The zero-order valence-corrected chi connectivity index (χ0v) is 16.3. The number of allylic oxidation sites excluding steroid dienone is 2. The Hall–Kier alpha value is -3.02. The van der Waals surface area contributed by atoms with Crippen LogP contribution >= 0.6 is 0 Å². The molecule has 1 aromatic rings. The van der Waals surface area contributed by atoms with Crippen LogP contribution in [-0.2, 0) is 4.79 Å². The molecule has 144 valence electrons. The molecule has 1 heterocycles. The molecule has 0 aliphatic carbocycles. The topological polar surface area (TPSA) is 70.7 Å². The first kappa shape index (κ1) is 20.3. The molecule has 0 spiro atoms. The minimum Gasteiger partial charge on any atom is -0.479 e. The first-order valence-corrected chi connectivity index (χ1v) is 8.80. The predicted octanol–water partition coefficient (Wildman–Crippen LogP) is 4.02. The number of nitrogens with one attached hydrogen (secondary N) is 2. The van der Waals surface area contributed by atoms with Gasteiger partial charge >= 0.3 is 6.03 Å². The van der Waals surface area contributed by atoms with Gasteiger partial charge in [0.1, 0.15) is 5.75 Å². The zero-order chi connectivity index (χ0) is 20.2. The van der Waals surface area contributed by atoms with Crippen LogP contribution in [-0.4, -0.2) is 30.1 Å². The Morgan fingerprint density at radius 3 is 2.63 bits per heavy atom. The molecule has 1 aliphatic rings. The highest BCUT2D eigenvalue weighted by Gasteiger charge is 2.32. The molecule has 0 fully saturated rings. The van der Waals surface area contributed by atoms with Crippen LogP contribution in [0, 0.1) is 0 Å². The van der Waals surface area contributed by atoms with Gasteiger partial charge in [0.25, 0.3) is 5.91 Å². The van der Waals surface area contributed by atoms with Crippen molar-refractivity contribution in [3.63, 3.8) is 0 Å². The van der Waals surface area contributed by atoms with E-state index in [1.54, 1.807) is 42.2 Å². The fraction of sp³-hybridized carbons (Fsp3) is 0.333. The Kier molecular flexibility index (Phi) is 6.10. The molecule has 2 N–H and O–H groups in total. The normalized spacial score (nSPS) is 16.9. The highest BCUT2D eigenvalue weighted by Crippen LogP contribution is 2.36. The fourth-order valence-corrected chi connectivity index (χ4v) is 2.67. The van der Waals surface area contributed by atoms with Crippen LogP contribution in [0.4, 0.5) is 16.2 Å². The molecule has 6 nitrogen and oxygen atoms in total. The average Bonchev–Trinajstić information content (AvgIpc) is 2.56. The number of anilines is 2. The van der Waals surface area contributed by atoms with Gasteiger partial charge in [-0.05, 0) is 45.4 Å². The van der Waals surface area contributed by atoms with Crippen molar-refractivity contribution in [1.29, 1.82) is 0 Å². The van der Waals surface area contributed by atoms with Crippen molar-refractivity contribution in [3.05, 3.63) is 55.2 Å². The first-order valence-electron chi connectivity index (χ1n) is 8.80. The number of benzene rings is 1. The van der Waals surface area contributed by atoms with Gasteiger partial charge in [0.2, 0.25) is 0 Å². The number of hydrogen-bond acceptors (Lipinski definition) is 3. The third kappa shape index (κ3) is 5.23. The van der Waals surface area contributed by atoms with Crippen molar-refractivity contribution < 1.29 is 14.3 Å². The molecule has 1 atom stereocenters. The van der Waals surface area contributed by atoms with E-state index in [9.17, 15) is 9.59 Å². The molecule has 1 unspecified atom stereocenters. The second kappa shape index (κ2) is 8.12. The molecule has 6 heteroatoms. The molecular formula is C21H27N3O3. The number of carbonyl (C=O) groups excluding carboxylic acids is 2. The van der Waals surface area contributed by atoms with Gasteiger partial charge in [0.05, 0.1) is 12.2 Å². The number of ether oxygens (including phenoxy) is 1. The van der Waals surface area contributed by atoms with Crippen LogP contribution in [0.25, 0.3) is 0 Å². The molecule has 0 aromatic heterocycles. The van der Waals surface area contributed by atoms with Gasteiger partial charge in [0.15, 0.2) is 6.10 Å². The van der Waals surface area contributed by atoms with E-state index in [0.29, 0.717) is 23.7 Å². The van der Waals surface area contributed by atoms with E-state index in [2.05, 4.69) is 23.8 Å². The van der Waals surface area contributed by atoms with Gasteiger partial charge in [0, 0.05) is 17.3 Å². The Morgan fingerprint density at radius 2 is 2.04 bits per heavy atom. The maximum Gasteiger partial charge on any atom is 0.319 e. The summed E-state index contributed by atoms with van der Waals surface area (Å²) in [6.07, 6.45) is 4.55. The summed E-state index contributed by atoms with van der Waals surface area (Å²) in [4.78, 5) is 26.3. The number of fused-ring (bicyclic) bond motifs is 1. The molecule has 27 heavy (non-hydrogen) atoms. The van der Waals surface area contributed by atoms with Gasteiger partial charge < -0.3 is 20.3 Å². The Bertz CT molecular complexity index is 790. The smallest absolute Gasteiger partial charge is 0.319 e. The SMILES string of the molecule is C=C/C=C(\C=C)CN1C(=O)C(C)Oc2cc(NC(=O)NC(C)(C)C)ccc21. The molecule has 0 saturated carbocycles. The lowest BCUT2D eigenvalue weighted by Gasteiger charge is -2.33. The maximum atomic E-state index is 12.6. The minimum absolute atomic E-state index is 0.134. The summed E-state index contributed by atoms with van der Waals surface area (Å²) in [5, 5.41) is 5.62. The Balaban J connectivity index is 2.28. The summed E-state index contributed by atoms with van der Waals surface area (Å²) in [5.74, 6) is 0.406. The first-order chi connectivity index (χ1) is 12.6. The minimum atomic E-state index is -0.619. The van der Waals surface area contributed by atoms with Crippen molar-refractivity contribution in [3.8, 4) is 5.75 Å². The molecule has 0 bridgehead atoms. The zero-order valence-electron chi connectivity index (χ0n) is 16.3. The van der Waals surface area contributed by atoms with E-state index < -0.39 is 6.10 Å². The highest BCUT2D eigenvalue weighted by molar-refractivity contribution is 6.01. The van der Waals surface area contributed by atoms with Crippen molar-refractivity contribution in [2.45, 2.75) is 39.3 Å². The summed E-state index contributed by atoms with van der Waals surface area (Å²) >= 11 is 0. The lowest BCUT2D eigenvalue weighted by atomic mass is 10.1. The second-order valence-electron chi connectivity index (χ2n) is 7.38. The number of carbonyl (C=O) groups is 2. The summed E-state index contributed by atoms with van der Waals surface area (Å²) in [5.41, 5.74) is 1.76. The summed E-state index contributed by atoms with van der Waals surface area (Å²) < 4.78 is 5.74. The number of amides is 3. The van der Waals surface area contributed by atoms with E-state index in [1.165, 1.54) is 0 Å². The van der Waals surface area contributed by atoms with E-state index in [0.717, 1.165) is 5.57 Å². The number of urea groups is 1. The molecule has 2 rings (SSSR count). The number of rotatable bonds is 5. The van der Waals surface area contributed by atoms with Gasteiger partial charge in [-0.1, -0.05) is 31.4 Å². The molecule has 1 aliphatic heterocycles. The summed E-state index contributed by atoms with van der Waals surface area (Å²) in [7, 11) is 0. The van der Waals surface area contributed by atoms with Crippen LogP contribution in [0.3, 0.4) is 0 Å². The van der Waals surface area contributed by atoms with Crippen LogP contribution in [0.5, 0.6) is 5.75 Å². The van der Waals surface area contributed by atoms with E-state index in [-0.39, 0.29) is 17.5 Å². The van der Waals surface area contributed by atoms with Crippen molar-refractivity contribution in [1.82, 2.24) is 5.32 Å². The number of hydrogen-bond donors (Lipinski definition) is 2. The van der Waals surface area contributed by atoms with E-state index >= 15 is 0 Å². The largest absolute Gasteiger partial charge is 0.479 e. The third-order valence-corrected chi connectivity index (χ3v) is 3.85. The molecule has 3 amide bonds. The van der Waals surface area contributed by atoms with Crippen LogP contribution in [0.15, 0.2) is 55.2 Å². The van der Waals surface area contributed by atoms with Crippen molar-refractivity contribution in [2.75, 3.05) is 16.8 Å². The Morgan fingerprint density at radius 1 is 1.33 bits per heavy atom. The molecule has 0 radical (unpaired) electrons. The highest BCUT2D eigenvalue weighted by atomic mass is 16.5. The predicted molar refractivity (Wildman–Crippen MR) is 109 cm³/mol. The van der Waals surface area contributed by atoms with Gasteiger partial charge in [-0.3, -0.25) is 4.79 Å². The van der Waals surface area contributed by atoms with Crippen LogP contribution in [0.2, 0.25) is 0 Å². The summed E-state index contributed by atoms with van der Waals surface area (Å²) in [6, 6.07) is 4.92. The molecular weight excluding hydrogens is 342 g/mol. The van der Waals surface area contributed by atoms with Crippen molar-refractivity contribution >= 4 is 23.3 Å². The van der Waals surface area contributed by atoms with Crippen molar-refractivity contribution in [2.24, 2.45) is 0 Å². The number of nitrogens with zero attached hydrogens (tertiary/aromatic N) is 1. The second-order valence-corrected chi connectivity index (χ2v) is 7.38. The lowest BCUT2D eigenvalue weighted by molar-refractivity contribution is -0.125. The maximum absolute atomic E-state index is 12.6. The van der Waals surface area contributed by atoms with E-state index in [1.807, 2.05) is 26.8 Å². The molecule has 1 aromatic carbocycles. The monoisotopic (exact) mass is 369 g/mol. The quantitative estimate of drug-likeness (QED) is 0.770. The van der Waals surface area contributed by atoms with Gasteiger partial charge in [-0.25, -0.2) is 4.79 Å². The summed E-state index contributed by atoms with van der Waals surface area (Å²) in [6.45, 7) is 15.3. The van der Waals surface area contributed by atoms with E-state index in [4.69, 9.17) is 4.74 Å². The third-order valence-electron chi connectivity index (χ3n) is 3.85. The van der Waals surface area contributed by atoms with Gasteiger partial charge in [-0.15, -0.1) is 0 Å².